The lowest BCUT2D eigenvalue weighted by Gasteiger charge is -2.07. The van der Waals surface area contributed by atoms with Crippen LogP contribution in [0, 0.1) is 6.92 Å². The molecule has 0 aliphatic heterocycles. The molecule has 0 N–H and O–H groups in total. The Balaban J connectivity index is 2.15. The number of hydrogen-bond acceptors (Lipinski definition) is 4. The van der Waals surface area contributed by atoms with Gasteiger partial charge in [-0.1, -0.05) is 42.5 Å². The van der Waals surface area contributed by atoms with Crippen LogP contribution in [0.3, 0.4) is 0 Å². The minimum atomic E-state index is -0.502. The highest BCUT2D eigenvalue weighted by Gasteiger charge is 2.17. The van der Waals surface area contributed by atoms with E-state index in [0.717, 1.165) is 5.56 Å². The van der Waals surface area contributed by atoms with Crippen LogP contribution in [0.5, 0.6) is 0 Å². The molecule has 0 unspecified atom stereocenters. The predicted octanol–water partition coefficient (Wildman–Crippen LogP) is 4.45. The molecule has 0 aliphatic carbocycles. The number of carbonyl (C=O) groups excluding carboxylic acids is 1. The van der Waals surface area contributed by atoms with Gasteiger partial charge in [0, 0.05) is 5.56 Å². The van der Waals surface area contributed by atoms with Gasteiger partial charge in [0.05, 0.1) is 12.0 Å². The molecule has 1 aromatic heterocycles. The van der Waals surface area contributed by atoms with Crippen LogP contribution in [-0.2, 0) is 4.74 Å². The maximum absolute atomic E-state index is 12.6. The molecule has 0 fully saturated rings. The standard InChI is InChI=1S/C21H18O4/c1-3-24-21(23)17-11-7-10-16-19(22)14(2)18(25-20(16)17)13-12-15-8-5-4-6-9-15/h4-13H,3H2,1-2H3. The van der Waals surface area contributed by atoms with Gasteiger partial charge in [-0.15, -0.1) is 0 Å². The lowest BCUT2D eigenvalue weighted by Crippen LogP contribution is -2.11. The Hall–Kier alpha value is -3.14. The van der Waals surface area contributed by atoms with Gasteiger partial charge in [-0.3, -0.25) is 4.79 Å². The monoisotopic (exact) mass is 334 g/mol. The van der Waals surface area contributed by atoms with Crippen molar-refractivity contribution in [1.82, 2.24) is 0 Å². The second kappa shape index (κ2) is 7.18. The molecule has 0 radical (unpaired) electrons. The molecule has 3 aromatic rings. The first-order valence-corrected chi connectivity index (χ1v) is 8.08. The molecule has 2 aromatic carbocycles. The van der Waals surface area contributed by atoms with Crippen molar-refractivity contribution < 1.29 is 13.9 Å². The average molecular weight is 334 g/mol. The van der Waals surface area contributed by atoms with Gasteiger partial charge in [0.1, 0.15) is 11.3 Å². The fourth-order valence-electron chi connectivity index (χ4n) is 2.59. The molecular formula is C21H18O4. The van der Waals surface area contributed by atoms with Gasteiger partial charge in [0.25, 0.3) is 0 Å². The highest BCUT2D eigenvalue weighted by Crippen LogP contribution is 2.22. The Morgan fingerprint density at radius 3 is 2.56 bits per heavy atom. The quantitative estimate of drug-likeness (QED) is 0.662. The Labute approximate surface area is 145 Å². The molecule has 0 bridgehead atoms. The second-order valence-electron chi connectivity index (χ2n) is 5.57. The fraction of sp³-hybridized carbons (Fsp3) is 0.143. The lowest BCUT2D eigenvalue weighted by atomic mass is 10.1. The summed E-state index contributed by atoms with van der Waals surface area (Å²) < 4.78 is 11.0. The molecule has 0 aliphatic rings. The predicted molar refractivity (Wildman–Crippen MR) is 98.5 cm³/mol. The van der Waals surface area contributed by atoms with Crippen molar-refractivity contribution in [2.45, 2.75) is 13.8 Å². The number of esters is 1. The van der Waals surface area contributed by atoms with Crippen LogP contribution in [0.4, 0.5) is 0 Å². The van der Waals surface area contributed by atoms with E-state index in [1.807, 2.05) is 36.4 Å². The normalized spacial score (nSPS) is 11.1. The third-order valence-electron chi connectivity index (χ3n) is 3.90. The zero-order valence-electron chi connectivity index (χ0n) is 14.1. The van der Waals surface area contributed by atoms with Gasteiger partial charge in [-0.2, -0.15) is 0 Å². The largest absolute Gasteiger partial charge is 0.462 e. The van der Waals surface area contributed by atoms with E-state index in [4.69, 9.17) is 9.15 Å². The summed E-state index contributed by atoms with van der Waals surface area (Å²) in [7, 11) is 0. The molecule has 0 saturated carbocycles. The molecule has 0 saturated heterocycles. The first-order chi connectivity index (χ1) is 12.1. The van der Waals surface area contributed by atoms with Crippen molar-refractivity contribution in [3.05, 3.63) is 81.2 Å². The first-order valence-electron chi connectivity index (χ1n) is 8.08. The van der Waals surface area contributed by atoms with E-state index in [1.165, 1.54) is 0 Å². The van der Waals surface area contributed by atoms with Crippen LogP contribution in [0.25, 0.3) is 23.1 Å². The topological polar surface area (TPSA) is 56.5 Å². The van der Waals surface area contributed by atoms with Gasteiger partial charge in [0.15, 0.2) is 11.0 Å². The number of fused-ring (bicyclic) bond motifs is 1. The Morgan fingerprint density at radius 1 is 1.08 bits per heavy atom. The third-order valence-corrected chi connectivity index (χ3v) is 3.90. The van der Waals surface area contributed by atoms with Crippen molar-refractivity contribution in [2.75, 3.05) is 6.61 Å². The number of carbonyl (C=O) groups is 1. The summed E-state index contributed by atoms with van der Waals surface area (Å²) in [5, 5.41) is 0.375. The van der Waals surface area contributed by atoms with Crippen molar-refractivity contribution in [3.8, 4) is 0 Å². The van der Waals surface area contributed by atoms with Crippen molar-refractivity contribution in [3.63, 3.8) is 0 Å². The molecule has 3 rings (SSSR count). The minimum absolute atomic E-state index is 0.153. The van der Waals surface area contributed by atoms with E-state index >= 15 is 0 Å². The van der Waals surface area contributed by atoms with Gasteiger partial charge >= 0.3 is 5.97 Å². The molecule has 126 valence electrons. The van der Waals surface area contributed by atoms with Gasteiger partial charge < -0.3 is 9.15 Å². The summed E-state index contributed by atoms with van der Waals surface area (Å²) in [5.41, 5.74) is 1.85. The van der Waals surface area contributed by atoms with Crippen LogP contribution in [0.1, 0.15) is 34.2 Å². The molecule has 1 heterocycles. The SMILES string of the molecule is CCOC(=O)c1cccc2c(=O)c(C)c(C=Cc3ccccc3)oc12. The van der Waals surface area contributed by atoms with Crippen LogP contribution in [-0.4, -0.2) is 12.6 Å². The van der Waals surface area contributed by atoms with E-state index in [0.29, 0.717) is 16.7 Å². The summed E-state index contributed by atoms with van der Waals surface area (Å²) in [4.78, 5) is 24.8. The fourth-order valence-corrected chi connectivity index (χ4v) is 2.59. The van der Waals surface area contributed by atoms with Crippen LogP contribution in [0.15, 0.2) is 57.7 Å². The maximum Gasteiger partial charge on any atom is 0.341 e. The Bertz CT molecular complexity index is 998. The number of hydrogen-bond donors (Lipinski definition) is 0. The smallest absolute Gasteiger partial charge is 0.341 e. The van der Waals surface area contributed by atoms with E-state index in [2.05, 4.69) is 0 Å². The zero-order valence-corrected chi connectivity index (χ0v) is 14.1. The lowest BCUT2D eigenvalue weighted by molar-refractivity contribution is 0.0527. The summed E-state index contributed by atoms with van der Waals surface area (Å²) >= 11 is 0. The summed E-state index contributed by atoms with van der Waals surface area (Å²) in [6.45, 7) is 3.70. The summed E-state index contributed by atoms with van der Waals surface area (Å²) in [5.74, 6) is -0.0730. The maximum atomic E-state index is 12.6. The zero-order chi connectivity index (χ0) is 17.8. The molecule has 4 heteroatoms. The number of rotatable bonds is 4. The Morgan fingerprint density at radius 2 is 1.84 bits per heavy atom. The van der Waals surface area contributed by atoms with Gasteiger partial charge in [-0.25, -0.2) is 4.79 Å². The number of benzene rings is 2. The first kappa shape index (κ1) is 16.7. The summed E-state index contributed by atoms with van der Waals surface area (Å²) in [6.07, 6.45) is 3.61. The molecule has 25 heavy (non-hydrogen) atoms. The number of ether oxygens (including phenoxy) is 1. The average Bonchev–Trinajstić information content (AvgIpc) is 2.64. The van der Waals surface area contributed by atoms with Gasteiger partial charge in [-0.05, 0) is 37.6 Å². The highest BCUT2D eigenvalue weighted by atomic mass is 16.5. The van der Waals surface area contributed by atoms with E-state index in [9.17, 15) is 9.59 Å². The van der Waals surface area contributed by atoms with E-state index in [1.54, 1.807) is 38.1 Å². The van der Waals surface area contributed by atoms with Crippen molar-refractivity contribution in [2.24, 2.45) is 0 Å². The minimum Gasteiger partial charge on any atom is -0.462 e. The van der Waals surface area contributed by atoms with Crippen LogP contribution < -0.4 is 5.43 Å². The second-order valence-corrected chi connectivity index (χ2v) is 5.57. The molecule has 0 amide bonds. The highest BCUT2D eigenvalue weighted by molar-refractivity contribution is 6.02. The van der Waals surface area contributed by atoms with Gasteiger partial charge in [0.2, 0.25) is 0 Å². The van der Waals surface area contributed by atoms with E-state index in [-0.39, 0.29) is 23.2 Å². The van der Waals surface area contributed by atoms with Crippen molar-refractivity contribution >= 4 is 29.1 Å². The summed E-state index contributed by atoms with van der Waals surface area (Å²) in [6, 6.07) is 14.6. The van der Waals surface area contributed by atoms with Crippen LogP contribution in [0.2, 0.25) is 0 Å². The third kappa shape index (κ3) is 3.38. The molecule has 0 spiro atoms. The Kier molecular flexibility index (Phi) is 4.80. The van der Waals surface area contributed by atoms with Crippen molar-refractivity contribution in [1.29, 1.82) is 0 Å². The molecule has 4 nitrogen and oxygen atoms in total. The molecule has 0 atom stereocenters. The van der Waals surface area contributed by atoms with E-state index < -0.39 is 5.97 Å². The number of para-hydroxylation sites is 1. The van der Waals surface area contributed by atoms with Crippen LogP contribution >= 0.6 is 0 Å². The molecular weight excluding hydrogens is 316 g/mol.